The van der Waals surface area contributed by atoms with Gasteiger partial charge in [0.2, 0.25) is 0 Å². The fourth-order valence-electron chi connectivity index (χ4n) is 3.62. The van der Waals surface area contributed by atoms with Crippen LogP contribution in [0, 0.1) is 0 Å². The second-order valence-electron chi connectivity index (χ2n) is 6.43. The van der Waals surface area contributed by atoms with E-state index >= 15 is 0 Å². The molecule has 0 amide bonds. The SMILES string of the molecule is CCOC(=O)C1=C(c2ccccc2)Nc2ccccc2C1c1ccccc1. The molecule has 0 spiro atoms. The van der Waals surface area contributed by atoms with E-state index in [1.54, 1.807) is 0 Å². The molecule has 1 unspecified atom stereocenters. The minimum Gasteiger partial charge on any atom is -0.463 e. The highest BCUT2D eigenvalue weighted by atomic mass is 16.5. The van der Waals surface area contributed by atoms with Crippen molar-refractivity contribution in [3.8, 4) is 0 Å². The Kier molecular flexibility index (Phi) is 4.75. The first-order valence-corrected chi connectivity index (χ1v) is 9.17. The summed E-state index contributed by atoms with van der Waals surface area (Å²) < 4.78 is 5.46. The van der Waals surface area contributed by atoms with Gasteiger partial charge in [0.15, 0.2) is 0 Å². The van der Waals surface area contributed by atoms with Crippen molar-refractivity contribution in [3.63, 3.8) is 0 Å². The summed E-state index contributed by atoms with van der Waals surface area (Å²) in [5, 5.41) is 3.48. The Hall–Kier alpha value is -3.33. The molecular formula is C24H21NO2. The number of benzene rings is 3. The first-order chi connectivity index (χ1) is 13.3. The zero-order valence-electron chi connectivity index (χ0n) is 15.2. The van der Waals surface area contributed by atoms with Crippen LogP contribution in [-0.4, -0.2) is 12.6 Å². The predicted molar refractivity (Wildman–Crippen MR) is 108 cm³/mol. The number of fused-ring (bicyclic) bond motifs is 1. The van der Waals surface area contributed by atoms with Crippen LogP contribution in [0.5, 0.6) is 0 Å². The number of esters is 1. The standard InChI is InChI=1S/C24H21NO2/c1-2-27-24(26)22-21(17-11-5-3-6-12-17)19-15-9-10-16-20(19)25-23(22)18-13-7-4-8-14-18/h3-16,21,25H,2H2,1H3. The number of hydrogen-bond donors (Lipinski definition) is 1. The van der Waals surface area contributed by atoms with E-state index in [0.717, 1.165) is 28.1 Å². The maximum atomic E-state index is 13.1. The van der Waals surface area contributed by atoms with Crippen molar-refractivity contribution in [2.24, 2.45) is 0 Å². The molecule has 0 fully saturated rings. The van der Waals surface area contributed by atoms with Crippen molar-refractivity contribution in [3.05, 3.63) is 107 Å². The summed E-state index contributed by atoms with van der Waals surface area (Å²) >= 11 is 0. The zero-order valence-corrected chi connectivity index (χ0v) is 15.2. The number of nitrogens with one attached hydrogen (secondary N) is 1. The lowest BCUT2D eigenvalue weighted by Crippen LogP contribution is -2.24. The number of hydrogen-bond acceptors (Lipinski definition) is 3. The van der Waals surface area contributed by atoms with Gasteiger partial charge >= 0.3 is 5.97 Å². The third kappa shape index (κ3) is 3.24. The number of carbonyl (C=O) groups is 1. The van der Waals surface area contributed by atoms with Crippen LogP contribution in [0.25, 0.3) is 5.70 Å². The summed E-state index contributed by atoms with van der Waals surface area (Å²) in [5.74, 6) is -0.467. The summed E-state index contributed by atoms with van der Waals surface area (Å²) in [6, 6.07) is 28.2. The van der Waals surface area contributed by atoms with Crippen LogP contribution in [0.15, 0.2) is 90.5 Å². The number of rotatable bonds is 4. The predicted octanol–water partition coefficient (Wildman–Crippen LogP) is 5.22. The third-order valence-corrected chi connectivity index (χ3v) is 4.78. The minimum absolute atomic E-state index is 0.182. The van der Waals surface area contributed by atoms with Gasteiger partial charge in [-0.1, -0.05) is 78.9 Å². The summed E-state index contributed by atoms with van der Waals surface area (Å²) in [7, 11) is 0. The van der Waals surface area contributed by atoms with E-state index < -0.39 is 0 Å². The van der Waals surface area contributed by atoms with Crippen LogP contribution >= 0.6 is 0 Å². The van der Waals surface area contributed by atoms with E-state index in [-0.39, 0.29) is 11.9 Å². The van der Waals surface area contributed by atoms with Crippen LogP contribution in [0.4, 0.5) is 5.69 Å². The van der Waals surface area contributed by atoms with Crippen molar-refractivity contribution in [1.82, 2.24) is 0 Å². The molecule has 1 N–H and O–H groups in total. The van der Waals surface area contributed by atoms with Crippen molar-refractivity contribution >= 4 is 17.4 Å². The van der Waals surface area contributed by atoms with Crippen LogP contribution in [0.1, 0.15) is 29.5 Å². The lowest BCUT2D eigenvalue weighted by molar-refractivity contribution is -0.138. The number of ether oxygens (including phenoxy) is 1. The quantitative estimate of drug-likeness (QED) is 0.652. The van der Waals surface area contributed by atoms with Crippen LogP contribution in [0.3, 0.4) is 0 Å². The van der Waals surface area contributed by atoms with E-state index in [2.05, 4.69) is 29.6 Å². The molecule has 1 aliphatic heterocycles. The molecule has 3 aromatic carbocycles. The Balaban J connectivity index is 1.98. The van der Waals surface area contributed by atoms with E-state index in [0.29, 0.717) is 12.2 Å². The second kappa shape index (κ2) is 7.50. The molecule has 27 heavy (non-hydrogen) atoms. The molecule has 0 saturated heterocycles. The molecule has 1 atom stereocenters. The van der Waals surface area contributed by atoms with E-state index in [9.17, 15) is 4.79 Å². The largest absolute Gasteiger partial charge is 0.463 e. The normalized spacial score (nSPS) is 15.7. The molecule has 3 heteroatoms. The topological polar surface area (TPSA) is 38.3 Å². The fourth-order valence-corrected chi connectivity index (χ4v) is 3.62. The van der Waals surface area contributed by atoms with Gasteiger partial charge in [-0.25, -0.2) is 4.79 Å². The minimum atomic E-state index is -0.285. The Morgan fingerprint density at radius 2 is 1.52 bits per heavy atom. The average molecular weight is 355 g/mol. The maximum absolute atomic E-state index is 13.1. The second-order valence-corrected chi connectivity index (χ2v) is 6.43. The van der Waals surface area contributed by atoms with Gasteiger partial charge in [-0.2, -0.15) is 0 Å². The first-order valence-electron chi connectivity index (χ1n) is 9.17. The smallest absolute Gasteiger partial charge is 0.337 e. The molecule has 3 aromatic rings. The van der Waals surface area contributed by atoms with Gasteiger partial charge < -0.3 is 10.1 Å². The number of anilines is 1. The van der Waals surface area contributed by atoms with Gasteiger partial charge in [0, 0.05) is 11.6 Å². The molecule has 0 bridgehead atoms. The van der Waals surface area contributed by atoms with Gasteiger partial charge in [-0.15, -0.1) is 0 Å². The van der Waals surface area contributed by atoms with Crippen molar-refractivity contribution < 1.29 is 9.53 Å². The van der Waals surface area contributed by atoms with E-state index in [1.807, 2.05) is 67.6 Å². The average Bonchev–Trinajstić information content (AvgIpc) is 2.73. The van der Waals surface area contributed by atoms with E-state index in [1.165, 1.54) is 0 Å². The lowest BCUT2D eigenvalue weighted by Gasteiger charge is -2.31. The molecule has 0 radical (unpaired) electrons. The molecule has 0 aliphatic carbocycles. The molecule has 1 aliphatic rings. The van der Waals surface area contributed by atoms with Crippen molar-refractivity contribution in [2.45, 2.75) is 12.8 Å². The maximum Gasteiger partial charge on any atom is 0.337 e. The number of carbonyl (C=O) groups excluding carboxylic acids is 1. The Morgan fingerprint density at radius 3 is 2.22 bits per heavy atom. The Morgan fingerprint density at radius 1 is 0.889 bits per heavy atom. The molecular weight excluding hydrogens is 334 g/mol. The highest BCUT2D eigenvalue weighted by Gasteiger charge is 2.34. The molecule has 134 valence electrons. The molecule has 0 saturated carbocycles. The monoisotopic (exact) mass is 355 g/mol. The van der Waals surface area contributed by atoms with Gasteiger partial charge in [0.1, 0.15) is 0 Å². The van der Waals surface area contributed by atoms with Gasteiger partial charge in [-0.3, -0.25) is 0 Å². The number of para-hydroxylation sites is 1. The van der Waals surface area contributed by atoms with Crippen LogP contribution < -0.4 is 5.32 Å². The van der Waals surface area contributed by atoms with E-state index in [4.69, 9.17) is 4.74 Å². The first kappa shape index (κ1) is 17.1. The third-order valence-electron chi connectivity index (χ3n) is 4.78. The Labute approximate surface area is 159 Å². The van der Waals surface area contributed by atoms with Crippen molar-refractivity contribution in [2.75, 3.05) is 11.9 Å². The van der Waals surface area contributed by atoms with Crippen LogP contribution in [-0.2, 0) is 9.53 Å². The zero-order chi connectivity index (χ0) is 18.6. The van der Waals surface area contributed by atoms with Crippen LogP contribution in [0.2, 0.25) is 0 Å². The fraction of sp³-hybridized carbons (Fsp3) is 0.125. The highest BCUT2D eigenvalue weighted by molar-refractivity contribution is 6.04. The van der Waals surface area contributed by atoms with Crippen molar-refractivity contribution in [1.29, 1.82) is 0 Å². The molecule has 0 aromatic heterocycles. The van der Waals surface area contributed by atoms with Gasteiger partial charge in [0.05, 0.1) is 17.9 Å². The van der Waals surface area contributed by atoms with Gasteiger partial charge in [0.25, 0.3) is 0 Å². The molecule has 3 nitrogen and oxygen atoms in total. The Bertz CT molecular complexity index is 978. The lowest BCUT2D eigenvalue weighted by atomic mass is 9.79. The van der Waals surface area contributed by atoms with Gasteiger partial charge in [-0.05, 0) is 29.7 Å². The summed E-state index contributed by atoms with van der Waals surface area (Å²) in [4.78, 5) is 13.1. The molecule has 4 rings (SSSR count). The summed E-state index contributed by atoms with van der Waals surface area (Å²) in [5.41, 5.74) is 5.58. The summed E-state index contributed by atoms with van der Waals surface area (Å²) in [6.45, 7) is 2.18. The highest BCUT2D eigenvalue weighted by Crippen LogP contribution is 2.44. The summed E-state index contributed by atoms with van der Waals surface area (Å²) in [6.07, 6.45) is 0. The molecule has 1 heterocycles.